The zero-order chi connectivity index (χ0) is 26.9. The number of benzene rings is 3. The molecule has 10 nitrogen and oxygen atoms in total. The van der Waals surface area contributed by atoms with Crippen molar-refractivity contribution in [1.82, 2.24) is 0 Å². The number of anilines is 1. The van der Waals surface area contributed by atoms with Crippen molar-refractivity contribution in [1.29, 1.82) is 5.26 Å². The zero-order valence-corrected chi connectivity index (χ0v) is 20.3. The van der Waals surface area contributed by atoms with Crippen molar-refractivity contribution >= 4 is 29.3 Å². The van der Waals surface area contributed by atoms with Crippen LogP contribution in [-0.2, 0) is 4.79 Å². The van der Waals surface area contributed by atoms with Gasteiger partial charge in [-0.25, -0.2) is 4.79 Å². The summed E-state index contributed by atoms with van der Waals surface area (Å²) in [6.07, 6.45) is 1.33. The number of ether oxygens (including phenoxy) is 3. The maximum atomic E-state index is 12.7. The molecule has 1 amide bonds. The summed E-state index contributed by atoms with van der Waals surface area (Å²) >= 11 is 0. The Kier molecular flexibility index (Phi) is 8.57. The van der Waals surface area contributed by atoms with E-state index >= 15 is 0 Å². The van der Waals surface area contributed by atoms with Gasteiger partial charge in [0.05, 0.1) is 29.9 Å². The van der Waals surface area contributed by atoms with Crippen molar-refractivity contribution < 1.29 is 28.7 Å². The second kappa shape index (κ2) is 12.0. The summed E-state index contributed by atoms with van der Waals surface area (Å²) in [5.74, 6) is -0.337. The van der Waals surface area contributed by atoms with Gasteiger partial charge >= 0.3 is 5.97 Å². The fraction of sp³-hybridized carbons (Fsp3) is 0.148. The molecule has 10 heteroatoms. The quantitative estimate of drug-likeness (QED) is 0.107. The number of non-ortho nitro benzene ring substituents is 1. The topological polar surface area (TPSA) is 141 Å². The molecular formula is C27H23N3O7. The summed E-state index contributed by atoms with van der Waals surface area (Å²) in [5.41, 5.74) is 1.14. The standard InChI is InChI=1S/C27H23N3O7/c1-4-36-25-14-18(6-12-24(25)37-27(32)19-7-10-22(35-3)11-8-19)13-20(16-28)26(31)29-23-15-21(30(33)34)9-5-17(23)2/h5-15H,4H2,1-3H3,(H,29,31)/b20-13+. The van der Waals surface area contributed by atoms with E-state index in [0.717, 1.165) is 0 Å². The molecule has 3 aromatic rings. The lowest BCUT2D eigenvalue weighted by Gasteiger charge is -2.12. The molecule has 0 saturated heterocycles. The van der Waals surface area contributed by atoms with Crippen LogP contribution >= 0.6 is 0 Å². The summed E-state index contributed by atoms with van der Waals surface area (Å²) in [4.78, 5) is 35.8. The number of hydrogen-bond acceptors (Lipinski definition) is 8. The Bertz CT molecular complexity index is 1410. The van der Waals surface area contributed by atoms with Crippen LogP contribution in [0.4, 0.5) is 11.4 Å². The molecule has 188 valence electrons. The molecule has 0 saturated carbocycles. The van der Waals surface area contributed by atoms with E-state index in [1.165, 1.54) is 43.5 Å². The number of nitriles is 1. The molecule has 0 aliphatic carbocycles. The minimum atomic E-state index is -0.737. The Labute approximate surface area is 212 Å². The Balaban J connectivity index is 1.83. The predicted octanol–water partition coefficient (Wildman–Crippen LogP) is 5.08. The number of carbonyl (C=O) groups is 2. The molecule has 0 aliphatic rings. The Hall–Kier alpha value is -5.17. The highest BCUT2D eigenvalue weighted by Gasteiger charge is 2.16. The molecule has 0 atom stereocenters. The monoisotopic (exact) mass is 501 g/mol. The van der Waals surface area contributed by atoms with Gasteiger partial charge in [-0.1, -0.05) is 12.1 Å². The van der Waals surface area contributed by atoms with Crippen LogP contribution < -0.4 is 19.5 Å². The average molecular weight is 501 g/mol. The van der Waals surface area contributed by atoms with Gasteiger partial charge in [-0.05, 0) is 67.4 Å². The van der Waals surface area contributed by atoms with Crippen molar-refractivity contribution in [3.05, 3.63) is 93.0 Å². The van der Waals surface area contributed by atoms with E-state index < -0.39 is 16.8 Å². The van der Waals surface area contributed by atoms with Gasteiger partial charge in [0.1, 0.15) is 17.4 Å². The molecule has 0 aromatic heterocycles. The normalized spacial score (nSPS) is 10.7. The van der Waals surface area contributed by atoms with Gasteiger partial charge in [0.25, 0.3) is 11.6 Å². The molecule has 0 unspecified atom stereocenters. The van der Waals surface area contributed by atoms with E-state index in [4.69, 9.17) is 14.2 Å². The van der Waals surface area contributed by atoms with Gasteiger partial charge < -0.3 is 19.5 Å². The number of hydrogen-bond donors (Lipinski definition) is 1. The number of rotatable bonds is 9. The van der Waals surface area contributed by atoms with Crippen molar-refractivity contribution in [2.45, 2.75) is 13.8 Å². The van der Waals surface area contributed by atoms with Crippen LogP contribution in [0, 0.1) is 28.4 Å². The minimum absolute atomic E-state index is 0.162. The highest BCUT2D eigenvalue weighted by molar-refractivity contribution is 6.10. The van der Waals surface area contributed by atoms with Gasteiger partial charge in [-0.2, -0.15) is 5.26 Å². The maximum Gasteiger partial charge on any atom is 0.343 e. The van der Waals surface area contributed by atoms with Crippen molar-refractivity contribution in [2.75, 3.05) is 19.0 Å². The van der Waals surface area contributed by atoms with Gasteiger partial charge in [0.2, 0.25) is 0 Å². The Morgan fingerprint density at radius 2 is 1.81 bits per heavy atom. The first-order chi connectivity index (χ1) is 17.7. The van der Waals surface area contributed by atoms with E-state index in [0.29, 0.717) is 22.4 Å². The molecule has 0 aliphatic heterocycles. The highest BCUT2D eigenvalue weighted by atomic mass is 16.6. The van der Waals surface area contributed by atoms with Gasteiger partial charge in [-0.3, -0.25) is 14.9 Å². The first-order valence-corrected chi connectivity index (χ1v) is 11.1. The van der Waals surface area contributed by atoms with Crippen LogP contribution in [0.2, 0.25) is 0 Å². The van der Waals surface area contributed by atoms with Gasteiger partial charge in [0.15, 0.2) is 11.5 Å². The summed E-state index contributed by atoms with van der Waals surface area (Å²) in [6.45, 7) is 3.71. The van der Waals surface area contributed by atoms with Crippen LogP contribution in [0.1, 0.15) is 28.4 Å². The van der Waals surface area contributed by atoms with Crippen LogP contribution in [0.3, 0.4) is 0 Å². The molecule has 1 N–H and O–H groups in total. The smallest absolute Gasteiger partial charge is 0.343 e. The molecule has 3 rings (SSSR count). The molecule has 37 heavy (non-hydrogen) atoms. The van der Waals surface area contributed by atoms with Crippen LogP contribution in [-0.4, -0.2) is 30.5 Å². The summed E-state index contributed by atoms with van der Waals surface area (Å²) in [6, 6.07) is 16.9. The number of nitrogens with one attached hydrogen (secondary N) is 1. The average Bonchev–Trinajstić information content (AvgIpc) is 2.89. The summed E-state index contributed by atoms with van der Waals surface area (Å²) in [7, 11) is 1.52. The highest BCUT2D eigenvalue weighted by Crippen LogP contribution is 2.30. The van der Waals surface area contributed by atoms with E-state index in [1.807, 2.05) is 6.07 Å². The molecule has 0 radical (unpaired) electrons. The van der Waals surface area contributed by atoms with E-state index in [1.54, 1.807) is 44.2 Å². The van der Waals surface area contributed by atoms with Crippen LogP contribution in [0.15, 0.2) is 66.2 Å². The molecule has 3 aromatic carbocycles. The van der Waals surface area contributed by atoms with Crippen molar-refractivity contribution in [3.8, 4) is 23.3 Å². The van der Waals surface area contributed by atoms with Crippen molar-refractivity contribution in [3.63, 3.8) is 0 Å². The second-order valence-corrected chi connectivity index (χ2v) is 7.64. The fourth-order valence-electron chi connectivity index (χ4n) is 3.22. The number of nitrogens with zero attached hydrogens (tertiary/aromatic N) is 2. The first kappa shape index (κ1) is 26.4. The van der Waals surface area contributed by atoms with Crippen molar-refractivity contribution in [2.24, 2.45) is 0 Å². The number of amides is 1. The van der Waals surface area contributed by atoms with Crippen LogP contribution in [0.25, 0.3) is 6.08 Å². The van der Waals surface area contributed by atoms with E-state index in [2.05, 4.69) is 5.32 Å². The van der Waals surface area contributed by atoms with Gasteiger partial charge in [-0.15, -0.1) is 0 Å². The third-order valence-electron chi connectivity index (χ3n) is 5.15. The number of methoxy groups -OCH3 is 1. The molecule has 0 spiro atoms. The van der Waals surface area contributed by atoms with E-state index in [-0.39, 0.29) is 35.1 Å². The molecule has 0 fully saturated rings. The lowest BCUT2D eigenvalue weighted by molar-refractivity contribution is -0.384. The Morgan fingerprint density at radius 1 is 1.08 bits per heavy atom. The molecule has 0 heterocycles. The van der Waals surface area contributed by atoms with Gasteiger partial charge in [0, 0.05) is 12.1 Å². The van der Waals surface area contributed by atoms with Crippen LogP contribution in [0.5, 0.6) is 17.2 Å². The number of carbonyl (C=O) groups excluding carboxylic acids is 2. The predicted molar refractivity (Wildman–Crippen MR) is 136 cm³/mol. The second-order valence-electron chi connectivity index (χ2n) is 7.64. The third kappa shape index (κ3) is 6.70. The number of esters is 1. The lowest BCUT2D eigenvalue weighted by atomic mass is 10.1. The van der Waals surface area contributed by atoms with E-state index in [9.17, 15) is 25.0 Å². The maximum absolute atomic E-state index is 12.7. The largest absolute Gasteiger partial charge is 0.497 e. The number of nitro groups is 1. The number of aryl methyl sites for hydroxylation is 1. The Morgan fingerprint density at radius 3 is 2.43 bits per heavy atom. The molecular weight excluding hydrogens is 478 g/mol. The summed E-state index contributed by atoms with van der Waals surface area (Å²) < 4.78 is 16.2. The fourth-order valence-corrected chi connectivity index (χ4v) is 3.22. The number of nitro benzene ring substituents is 1. The first-order valence-electron chi connectivity index (χ1n) is 11.1. The zero-order valence-electron chi connectivity index (χ0n) is 20.3. The lowest BCUT2D eigenvalue weighted by Crippen LogP contribution is -2.14. The summed E-state index contributed by atoms with van der Waals surface area (Å²) in [5, 5.41) is 23.1. The SMILES string of the molecule is CCOc1cc(/C=C(\C#N)C(=O)Nc2cc([N+](=O)[O-])ccc2C)ccc1OC(=O)c1ccc(OC)cc1. The third-order valence-corrected chi connectivity index (χ3v) is 5.15. The minimum Gasteiger partial charge on any atom is -0.497 e. The molecule has 0 bridgehead atoms.